The number of hydroxylamine groups is 2. The molecule has 29 heavy (non-hydrogen) atoms. The number of hydrogen-bond acceptors (Lipinski definition) is 6. The van der Waals surface area contributed by atoms with Crippen LogP contribution < -0.4 is 0 Å². The Hall–Kier alpha value is -3.39. The molecule has 7 nitrogen and oxygen atoms in total. The smallest absolute Gasteiger partial charge is 0.329 e. The maximum absolute atomic E-state index is 12.3. The molecule has 2 heterocycles. The lowest BCUT2D eigenvalue weighted by Crippen LogP contribution is -2.33. The molecule has 0 N–H and O–H groups in total. The van der Waals surface area contributed by atoms with Crippen molar-refractivity contribution >= 4 is 29.5 Å². The summed E-state index contributed by atoms with van der Waals surface area (Å²) in [6.45, 7) is 4.07. The predicted molar refractivity (Wildman–Crippen MR) is 107 cm³/mol. The van der Waals surface area contributed by atoms with Crippen LogP contribution in [-0.2, 0) is 9.63 Å². The van der Waals surface area contributed by atoms with Crippen LogP contribution >= 0.6 is 11.8 Å². The van der Waals surface area contributed by atoms with Crippen molar-refractivity contribution in [3.05, 3.63) is 77.1 Å². The maximum Gasteiger partial charge on any atom is 0.343 e. The van der Waals surface area contributed by atoms with E-state index < -0.39 is 17.8 Å². The Morgan fingerprint density at radius 3 is 2.38 bits per heavy atom. The molecule has 0 unspecified atom stereocenters. The number of aromatic nitrogens is 2. The minimum Gasteiger partial charge on any atom is -0.329 e. The highest BCUT2D eigenvalue weighted by atomic mass is 32.2. The van der Waals surface area contributed by atoms with Crippen LogP contribution in [0.1, 0.15) is 31.8 Å². The fourth-order valence-corrected chi connectivity index (χ4v) is 3.71. The molecule has 0 spiro atoms. The van der Waals surface area contributed by atoms with E-state index in [0.717, 1.165) is 23.0 Å². The normalized spacial score (nSPS) is 13.0. The fraction of sp³-hybridized carbons (Fsp3) is 0.143. The second kappa shape index (κ2) is 7.56. The molecule has 0 bridgehead atoms. The van der Waals surface area contributed by atoms with Gasteiger partial charge < -0.3 is 4.84 Å². The van der Waals surface area contributed by atoms with E-state index in [4.69, 9.17) is 4.84 Å². The van der Waals surface area contributed by atoms with E-state index in [1.807, 2.05) is 42.8 Å². The van der Waals surface area contributed by atoms with Gasteiger partial charge in [-0.3, -0.25) is 14.2 Å². The Labute approximate surface area is 171 Å². The summed E-state index contributed by atoms with van der Waals surface area (Å²) in [5, 5.41) is 1.12. The molecule has 0 fully saturated rings. The van der Waals surface area contributed by atoms with Gasteiger partial charge in [0.15, 0.2) is 5.16 Å². The number of fused-ring (bicyclic) bond motifs is 1. The van der Waals surface area contributed by atoms with Gasteiger partial charge in [-0.1, -0.05) is 35.0 Å². The molecule has 0 saturated heterocycles. The number of imidazole rings is 1. The van der Waals surface area contributed by atoms with E-state index in [2.05, 4.69) is 4.98 Å². The molecule has 4 rings (SSSR count). The number of imide groups is 1. The maximum atomic E-state index is 12.3. The summed E-state index contributed by atoms with van der Waals surface area (Å²) >= 11 is 1.16. The third-order valence-electron chi connectivity index (χ3n) is 4.64. The fourth-order valence-electron chi connectivity index (χ4n) is 2.97. The average Bonchev–Trinajstić information content (AvgIpc) is 3.28. The summed E-state index contributed by atoms with van der Waals surface area (Å²) in [4.78, 5) is 46.1. The number of thioether (sulfide) groups is 1. The Balaban J connectivity index is 1.43. The lowest BCUT2D eigenvalue weighted by molar-refractivity contribution is -0.165. The molecule has 3 aromatic rings. The first-order chi connectivity index (χ1) is 14.0. The number of aryl methyl sites for hydroxylation is 2. The van der Waals surface area contributed by atoms with Gasteiger partial charge in [0.1, 0.15) is 5.75 Å². The first-order valence-electron chi connectivity index (χ1n) is 8.88. The lowest BCUT2D eigenvalue weighted by atomic mass is 10.1. The van der Waals surface area contributed by atoms with Crippen LogP contribution in [0.25, 0.3) is 5.69 Å². The molecule has 2 aromatic carbocycles. The van der Waals surface area contributed by atoms with Gasteiger partial charge in [0.2, 0.25) is 0 Å². The Kier molecular flexibility index (Phi) is 4.94. The second-order valence-electron chi connectivity index (χ2n) is 6.55. The van der Waals surface area contributed by atoms with Gasteiger partial charge in [0.25, 0.3) is 11.8 Å². The van der Waals surface area contributed by atoms with Crippen molar-refractivity contribution in [1.82, 2.24) is 14.6 Å². The van der Waals surface area contributed by atoms with Gasteiger partial charge in [-0.25, -0.2) is 9.78 Å². The van der Waals surface area contributed by atoms with Crippen LogP contribution in [0.2, 0.25) is 0 Å². The standard InChI is InChI=1S/C21H17N3O4S/c1-13-7-8-15(11-14(13)2)23-10-9-22-21(23)29-12-18(25)28-24-19(26)16-5-3-4-6-17(16)20(24)27/h3-11H,12H2,1-2H3. The quantitative estimate of drug-likeness (QED) is 0.477. The van der Waals surface area contributed by atoms with Gasteiger partial charge in [-0.05, 0) is 49.2 Å². The number of amides is 2. The van der Waals surface area contributed by atoms with Crippen LogP contribution in [0.15, 0.2) is 60.0 Å². The summed E-state index contributed by atoms with van der Waals surface area (Å²) in [6.07, 6.45) is 3.45. The molecule has 0 saturated carbocycles. The van der Waals surface area contributed by atoms with Gasteiger partial charge >= 0.3 is 5.97 Å². The molecule has 2 amide bonds. The Morgan fingerprint density at radius 2 is 1.72 bits per heavy atom. The van der Waals surface area contributed by atoms with Crippen molar-refractivity contribution < 1.29 is 19.2 Å². The van der Waals surface area contributed by atoms with Crippen molar-refractivity contribution in [2.75, 3.05) is 5.75 Å². The minimum atomic E-state index is -0.709. The summed E-state index contributed by atoms with van der Waals surface area (Å²) in [5.41, 5.74) is 3.72. The molecular weight excluding hydrogens is 390 g/mol. The van der Waals surface area contributed by atoms with Gasteiger partial charge in [0, 0.05) is 18.1 Å². The zero-order chi connectivity index (χ0) is 20.5. The number of carbonyl (C=O) groups excluding carboxylic acids is 3. The zero-order valence-electron chi connectivity index (χ0n) is 15.8. The highest BCUT2D eigenvalue weighted by molar-refractivity contribution is 7.99. The van der Waals surface area contributed by atoms with Gasteiger partial charge in [-0.15, -0.1) is 0 Å². The van der Waals surface area contributed by atoms with Crippen LogP contribution in [-0.4, -0.2) is 38.2 Å². The molecule has 0 radical (unpaired) electrons. The van der Waals surface area contributed by atoms with Crippen molar-refractivity contribution in [3.8, 4) is 5.69 Å². The number of nitrogens with zero attached hydrogens (tertiary/aromatic N) is 3. The second-order valence-corrected chi connectivity index (χ2v) is 7.49. The van der Waals surface area contributed by atoms with E-state index >= 15 is 0 Å². The molecule has 8 heteroatoms. The van der Waals surface area contributed by atoms with Gasteiger partial charge in [-0.2, -0.15) is 0 Å². The Bertz CT molecular complexity index is 1100. The van der Waals surface area contributed by atoms with Crippen LogP contribution in [0.3, 0.4) is 0 Å². The summed E-state index contributed by atoms with van der Waals surface area (Å²) in [5.74, 6) is -2.09. The predicted octanol–water partition coefficient (Wildman–Crippen LogP) is 3.34. The molecule has 146 valence electrons. The summed E-state index contributed by atoms with van der Waals surface area (Å²) < 4.78 is 1.87. The zero-order valence-corrected chi connectivity index (χ0v) is 16.6. The van der Waals surface area contributed by atoms with E-state index in [-0.39, 0.29) is 16.9 Å². The molecule has 1 aromatic heterocycles. The molecule has 0 aliphatic carbocycles. The first-order valence-corrected chi connectivity index (χ1v) is 9.86. The molecule has 1 aliphatic heterocycles. The molecule has 0 atom stereocenters. The van der Waals surface area contributed by atoms with E-state index in [9.17, 15) is 14.4 Å². The highest BCUT2D eigenvalue weighted by Gasteiger charge is 2.38. The Morgan fingerprint density at radius 1 is 1.03 bits per heavy atom. The third-order valence-corrected chi connectivity index (χ3v) is 5.58. The number of benzene rings is 2. The topological polar surface area (TPSA) is 81.5 Å². The monoisotopic (exact) mass is 407 g/mol. The third kappa shape index (κ3) is 3.54. The number of carbonyl (C=O) groups is 3. The van der Waals surface area contributed by atoms with Crippen molar-refractivity contribution in [2.45, 2.75) is 19.0 Å². The lowest BCUT2D eigenvalue weighted by Gasteiger charge is -2.13. The van der Waals surface area contributed by atoms with Crippen molar-refractivity contribution in [3.63, 3.8) is 0 Å². The van der Waals surface area contributed by atoms with Gasteiger partial charge in [0.05, 0.1) is 11.1 Å². The minimum absolute atomic E-state index is 0.102. The number of rotatable bonds is 5. The largest absolute Gasteiger partial charge is 0.343 e. The van der Waals surface area contributed by atoms with Crippen molar-refractivity contribution in [1.29, 1.82) is 0 Å². The molecule has 1 aliphatic rings. The summed E-state index contributed by atoms with van der Waals surface area (Å²) in [7, 11) is 0. The number of hydrogen-bond donors (Lipinski definition) is 0. The van der Waals surface area contributed by atoms with E-state index in [0.29, 0.717) is 10.2 Å². The first kappa shape index (κ1) is 18.9. The SMILES string of the molecule is Cc1ccc(-n2ccnc2SCC(=O)ON2C(=O)c3ccccc3C2=O)cc1C. The average molecular weight is 407 g/mol. The van der Waals surface area contributed by atoms with E-state index in [1.54, 1.807) is 18.3 Å². The van der Waals surface area contributed by atoms with Crippen LogP contribution in [0, 0.1) is 13.8 Å². The van der Waals surface area contributed by atoms with Crippen molar-refractivity contribution in [2.24, 2.45) is 0 Å². The summed E-state index contributed by atoms with van der Waals surface area (Å²) in [6, 6.07) is 12.4. The van der Waals surface area contributed by atoms with Crippen LogP contribution in [0.5, 0.6) is 0 Å². The van der Waals surface area contributed by atoms with E-state index in [1.165, 1.54) is 17.7 Å². The molecular formula is C21H17N3O4S. The van der Waals surface area contributed by atoms with Crippen LogP contribution in [0.4, 0.5) is 0 Å². The highest BCUT2D eigenvalue weighted by Crippen LogP contribution is 2.25.